The molecule has 1 aromatic heterocycles. The third kappa shape index (κ3) is 3.16. The van der Waals surface area contributed by atoms with Crippen molar-refractivity contribution in [2.24, 2.45) is 5.73 Å². The summed E-state index contributed by atoms with van der Waals surface area (Å²) in [6.45, 7) is 0.143. The molecule has 2 aromatic rings. The summed E-state index contributed by atoms with van der Waals surface area (Å²) >= 11 is 4.85. The summed E-state index contributed by atoms with van der Waals surface area (Å²) in [5.74, 6) is 0. The van der Waals surface area contributed by atoms with E-state index in [0.717, 1.165) is 5.56 Å². The van der Waals surface area contributed by atoms with E-state index in [9.17, 15) is 8.42 Å². The van der Waals surface area contributed by atoms with Crippen molar-refractivity contribution in [2.75, 3.05) is 0 Å². The molecular formula is C11H12N4O2S2. The van der Waals surface area contributed by atoms with E-state index in [1.807, 2.05) is 0 Å². The molecule has 0 aliphatic rings. The van der Waals surface area contributed by atoms with Gasteiger partial charge in [0.25, 0.3) is 0 Å². The van der Waals surface area contributed by atoms with Gasteiger partial charge in [0.15, 0.2) is 0 Å². The van der Waals surface area contributed by atoms with E-state index < -0.39 is 10.0 Å². The third-order valence-corrected chi connectivity index (χ3v) is 4.14. The summed E-state index contributed by atoms with van der Waals surface area (Å²) in [5, 5.41) is 6.35. The van der Waals surface area contributed by atoms with Crippen LogP contribution in [-0.4, -0.2) is 23.6 Å². The molecule has 1 heterocycles. The van der Waals surface area contributed by atoms with Gasteiger partial charge < -0.3 is 5.73 Å². The average Bonchev–Trinajstić information content (AvgIpc) is 2.89. The Morgan fingerprint density at radius 2 is 2.16 bits per heavy atom. The van der Waals surface area contributed by atoms with E-state index in [4.69, 9.17) is 18.0 Å². The molecule has 0 atom stereocenters. The molecule has 0 saturated carbocycles. The van der Waals surface area contributed by atoms with E-state index in [-0.39, 0.29) is 16.4 Å². The highest BCUT2D eigenvalue weighted by Crippen LogP contribution is 2.15. The minimum atomic E-state index is -3.67. The van der Waals surface area contributed by atoms with Crippen LogP contribution in [0.5, 0.6) is 0 Å². The third-order valence-electron chi connectivity index (χ3n) is 2.46. The highest BCUT2D eigenvalue weighted by Gasteiger charge is 2.19. The molecule has 0 fully saturated rings. The predicted octanol–water partition coefficient (Wildman–Crippen LogP) is 0.522. The van der Waals surface area contributed by atoms with Crippen LogP contribution in [0.3, 0.4) is 0 Å². The highest BCUT2D eigenvalue weighted by atomic mass is 32.2. The first-order valence-corrected chi connectivity index (χ1v) is 7.26. The molecule has 6 nitrogen and oxygen atoms in total. The molecule has 4 N–H and O–H groups in total. The summed E-state index contributed by atoms with van der Waals surface area (Å²) in [7, 11) is -3.67. The van der Waals surface area contributed by atoms with Crippen LogP contribution in [0.2, 0.25) is 0 Å². The number of hydrogen-bond acceptors (Lipinski definition) is 4. The number of hydrogen-bond donors (Lipinski definition) is 3. The van der Waals surface area contributed by atoms with Crippen molar-refractivity contribution in [3.05, 3.63) is 47.8 Å². The first-order valence-electron chi connectivity index (χ1n) is 5.37. The number of aromatic nitrogens is 2. The van der Waals surface area contributed by atoms with Gasteiger partial charge in [0.2, 0.25) is 10.0 Å². The maximum Gasteiger partial charge on any atom is 0.241 e. The van der Waals surface area contributed by atoms with Crippen LogP contribution in [0.15, 0.2) is 41.6 Å². The molecule has 1 aromatic carbocycles. The smallest absolute Gasteiger partial charge is 0.241 e. The number of nitrogens with zero attached hydrogens (tertiary/aromatic N) is 1. The number of nitrogens with two attached hydrogens (primary N) is 1. The van der Waals surface area contributed by atoms with Crippen molar-refractivity contribution >= 4 is 27.2 Å². The molecular weight excluding hydrogens is 284 g/mol. The van der Waals surface area contributed by atoms with Crippen molar-refractivity contribution in [3.8, 4) is 0 Å². The topological polar surface area (TPSA) is 101 Å². The summed E-state index contributed by atoms with van der Waals surface area (Å²) in [4.78, 5) is 0.121. The van der Waals surface area contributed by atoms with Crippen LogP contribution in [0.4, 0.5) is 0 Å². The quantitative estimate of drug-likeness (QED) is 0.698. The Morgan fingerprint density at radius 3 is 2.79 bits per heavy atom. The summed E-state index contributed by atoms with van der Waals surface area (Å²) in [5.41, 5.74) is 6.59. The molecule has 2 rings (SSSR count). The number of benzene rings is 1. The van der Waals surface area contributed by atoms with Gasteiger partial charge in [0.1, 0.15) is 4.99 Å². The summed E-state index contributed by atoms with van der Waals surface area (Å²) in [6.07, 6.45) is 3.16. The number of rotatable bonds is 5. The molecule has 0 radical (unpaired) electrons. The van der Waals surface area contributed by atoms with Gasteiger partial charge in [-0.25, -0.2) is 13.1 Å². The fourth-order valence-corrected chi connectivity index (χ4v) is 3.01. The van der Waals surface area contributed by atoms with Gasteiger partial charge in [-0.05, 0) is 6.07 Å². The van der Waals surface area contributed by atoms with E-state index >= 15 is 0 Å². The molecule has 0 aliphatic heterocycles. The first-order chi connectivity index (χ1) is 9.00. The van der Waals surface area contributed by atoms with Crippen molar-refractivity contribution in [1.29, 1.82) is 0 Å². The molecule has 0 aliphatic carbocycles. The zero-order valence-electron chi connectivity index (χ0n) is 9.83. The lowest BCUT2D eigenvalue weighted by molar-refractivity contribution is 0.581. The summed E-state index contributed by atoms with van der Waals surface area (Å²) in [6, 6.07) is 6.35. The molecule has 0 amide bonds. The molecule has 19 heavy (non-hydrogen) atoms. The van der Waals surface area contributed by atoms with Gasteiger partial charge in [-0.1, -0.05) is 30.4 Å². The minimum absolute atomic E-state index is 0.0456. The summed E-state index contributed by atoms with van der Waals surface area (Å²) < 4.78 is 26.9. The van der Waals surface area contributed by atoms with Gasteiger partial charge in [0.05, 0.1) is 11.1 Å². The number of sulfonamides is 1. The van der Waals surface area contributed by atoms with Gasteiger partial charge in [0, 0.05) is 23.9 Å². The molecule has 0 unspecified atom stereocenters. The van der Waals surface area contributed by atoms with E-state index in [2.05, 4.69) is 14.9 Å². The normalized spacial score (nSPS) is 11.4. The van der Waals surface area contributed by atoms with Crippen LogP contribution in [-0.2, 0) is 16.6 Å². The maximum absolute atomic E-state index is 12.2. The Hall–Kier alpha value is -1.77. The zero-order valence-corrected chi connectivity index (χ0v) is 11.5. The van der Waals surface area contributed by atoms with Crippen molar-refractivity contribution in [1.82, 2.24) is 14.9 Å². The number of aromatic amines is 1. The second-order valence-corrected chi connectivity index (χ2v) is 5.97. The lowest BCUT2D eigenvalue weighted by Gasteiger charge is -2.09. The molecule has 100 valence electrons. The van der Waals surface area contributed by atoms with E-state index in [1.54, 1.807) is 30.6 Å². The number of H-pyrrole nitrogens is 1. The molecule has 0 saturated heterocycles. The van der Waals surface area contributed by atoms with Gasteiger partial charge in [-0.3, -0.25) is 5.10 Å². The fourth-order valence-electron chi connectivity index (χ4n) is 1.53. The lowest BCUT2D eigenvalue weighted by atomic mass is 10.2. The van der Waals surface area contributed by atoms with Gasteiger partial charge >= 0.3 is 0 Å². The highest BCUT2D eigenvalue weighted by molar-refractivity contribution is 7.89. The number of nitrogens with one attached hydrogen (secondary N) is 2. The lowest BCUT2D eigenvalue weighted by Crippen LogP contribution is -2.26. The Morgan fingerprint density at radius 1 is 1.42 bits per heavy atom. The maximum atomic E-state index is 12.2. The molecule has 8 heteroatoms. The first kappa shape index (κ1) is 13.7. The zero-order chi connectivity index (χ0) is 13.9. The van der Waals surface area contributed by atoms with Crippen LogP contribution in [0, 0.1) is 0 Å². The monoisotopic (exact) mass is 296 g/mol. The Labute approximate surface area is 116 Å². The minimum Gasteiger partial charge on any atom is -0.389 e. The Kier molecular flexibility index (Phi) is 3.93. The second-order valence-electron chi connectivity index (χ2n) is 3.79. The van der Waals surface area contributed by atoms with Gasteiger partial charge in [-0.15, -0.1) is 0 Å². The van der Waals surface area contributed by atoms with Crippen LogP contribution in [0.1, 0.15) is 11.1 Å². The van der Waals surface area contributed by atoms with Crippen LogP contribution < -0.4 is 10.5 Å². The van der Waals surface area contributed by atoms with Crippen LogP contribution >= 0.6 is 12.2 Å². The standard InChI is InChI=1S/C11H12N4O2S2/c12-11(18)9-3-1-2-4-10(9)19(16,17)15-7-8-5-13-14-6-8/h1-6,15H,7H2,(H2,12,18)(H,13,14). The fraction of sp³-hybridized carbons (Fsp3) is 0.0909. The molecule has 0 bridgehead atoms. The largest absolute Gasteiger partial charge is 0.389 e. The van der Waals surface area contributed by atoms with Crippen molar-refractivity contribution in [3.63, 3.8) is 0 Å². The van der Waals surface area contributed by atoms with E-state index in [0.29, 0.717) is 5.56 Å². The Balaban J connectivity index is 2.27. The average molecular weight is 296 g/mol. The van der Waals surface area contributed by atoms with Crippen LogP contribution in [0.25, 0.3) is 0 Å². The van der Waals surface area contributed by atoms with Crippen molar-refractivity contribution in [2.45, 2.75) is 11.4 Å². The van der Waals surface area contributed by atoms with Crippen molar-refractivity contribution < 1.29 is 8.42 Å². The van der Waals surface area contributed by atoms with E-state index in [1.165, 1.54) is 6.07 Å². The second kappa shape index (κ2) is 5.47. The SMILES string of the molecule is NC(=S)c1ccccc1S(=O)(=O)NCc1cn[nH]c1. The Bertz CT molecular complexity index is 680. The molecule has 0 spiro atoms. The van der Waals surface area contributed by atoms with Gasteiger partial charge in [-0.2, -0.15) is 5.10 Å². The predicted molar refractivity (Wildman–Crippen MR) is 74.9 cm³/mol. The number of thiocarbonyl (C=S) groups is 1.